The van der Waals surface area contributed by atoms with Crippen molar-refractivity contribution in [1.29, 1.82) is 0 Å². The van der Waals surface area contributed by atoms with Gasteiger partial charge in [0.05, 0.1) is 6.54 Å². The molecule has 2 atom stereocenters. The van der Waals surface area contributed by atoms with Crippen LogP contribution in [0.5, 0.6) is 0 Å². The van der Waals surface area contributed by atoms with Crippen molar-refractivity contribution in [1.82, 2.24) is 15.1 Å². The number of ether oxygens (including phenoxy) is 1. The van der Waals surface area contributed by atoms with Gasteiger partial charge in [-0.05, 0) is 45.1 Å². The lowest BCUT2D eigenvalue weighted by Gasteiger charge is -2.33. The van der Waals surface area contributed by atoms with Gasteiger partial charge >= 0.3 is 18.1 Å². The molecule has 2 aliphatic rings. The number of carboxylic acids is 1. The fourth-order valence-electron chi connectivity index (χ4n) is 4.46. The molecule has 1 saturated carbocycles. The standard InChI is InChI=1S/C24H33N3O6/c1-24(2,3)33-22(31)25-19(17-12-8-5-9-13-17)20(28)27-18(21(29)30)15-26(23(27)32)14-16-10-6-4-7-11-16/h4,6-7,10-11,17-19H,5,8-9,12-15H2,1-3H3,(H,25,31)(H,29,30). The number of amides is 4. The number of aliphatic carboxylic acids is 1. The third-order valence-electron chi connectivity index (χ3n) is 5.98. The fraction of sp³-hybridized carbons (Fsp3) is 0.583. The highest BCUT2D eigenvalue weighted by Gasteiger charge is 2.48. The Labute approximate surface area is 194 Å². The minimum Gasteiger partial charge on any atom is -0.480 e. The van der Waals surface area contributed by atoms with E-state index in [1.807, 2.05) is 30.3 Å². The number of rotatable bonds is 6. The summed E-state index contributed by atoms with van der Waals surface area (Å²) in [5.74, 6) is -2.14. The summed E-state index contributed by atoms with van der Waals surface area (Å²) in [4.78, 5) is 53.5. The number of hydrogen-bond donors (Lipinski definition) is 2. The number of hydrogen-bond acceptors (Lipinski definition) is 5. The van der Waals surface area contributed by atoms with Crippen molar-refractivity contribution >= 4 is 24.0 Å². The normalized spacial score (nSPS) is 20.5. The summed E-state index contributed by atoms with van der Waals surface area (Å²) in [7, 11) is 0. The van der Waals surface area contributed by atoms with Gasteiger partial charge in [-0.15, -0.1) is 0 Å². The Morgan fingerprint density at radius 3 is 2.33 bits per heavy atom. The lowest BCUT2D eigenvalue weighted by molar-refractivity contribution is -0.147. The molecule has 1 aliphatic carbocycles. The minimum absolute atomic E-state index is 0.112. The largest absolute Gasteiger partial charge is 0.480 e. The van der Waals surface area contributed by atoms with Crippen molar-refractivity contribution in [2.24, 2.45) is 5.92 Å². The average Bonchev–Trinajstić information content (AvgIpc) is 3.08. The molecule has 1 saturated heterocycles. The Bertz CT molecular complexity index is 876. The number of carbonyl (C=O) groups is 4. The fourth-order valence-corrected chi connectivity index (χ4v) is 4.46. The van der Waals surface area contributed by atoms with Crippen molar-refractivity contribution in [2.75, 3.05) is 6.54 Å². The maximum Gasteiger partial charge on any atom is 0.408 e. The van der Waals surface area contributed by atoms with E-state index in [2.05, 4.69) is 5.32 Å². The predicted octanol–water partition coefficient (Wildman–Crippen LogP) is 3.38. The van der Waals surface area contributed by atoms with Crippen molar-refractivity contribution < 1.29 is 29.0 Å². The van der Waals surface area contributed by atoms with E-state index >= 15 is 0 Å². The summed E-state index contributed by atoms with van der Waals surface area (Å²) < 4.78 is 5.34. The summed E-state index contributed by atoms with van der Waals surface area (Å²) in [6.45, 7) is 5.24. The van der Waals surface area contributed by atoms with E-state index in [0.717, 1.165) is 29.7 Å². The molecular formula is C24H33N3O6. The van der Waals surface area contributed by atoms with Crippen LogP contribution in [0.25, 0.3) is 0 Å². The van der Waals surface area contributed by atoms with E-state index in [1.54, 1.807) is 20.8 Å². The first-order valence-corrected chi connectivity index (χ1v) is 11.4. The smallest absolute Gasteiger partial charge is 0.408 e. The van der Waals surface area contributed by atoms with Crippen LogP contribution in [0.1, 0.15) is 58.4 Å². The molecule has 2 fully saturated rings. The Morgan fingerprint density at radius 1 is 1.12 bits per heavy atom. The highest BCUT2D eigenvalue weighted by Crippen LogP contribution is 2.30. The van der Waals surface area contributed by atoms with Crippen LogP contribution < -0.4 is 5.32 Å². The zero-order valence-corrected chi connectivity index (χ0v) is 19.5. The SMILES string of the molecule is CC(C)(C)OC(=O)NC(C(=O)N1C(=O)N(Cc2ccccc2)CC1C(=O)O)C1CCCCC1. The molecule has 180 valence electrons. The van der Waals surface area contributed by atoms with E-state index in [4.69, 9.17) is 4.74 Å². The molecular weight excluding hydrogens is 426 g/mol. The maximum absolute atomic E-state index is 13.6. The second-order valence-electron chi connectivity index (χ2n) is 9.73. The first kappa shape index (κ1) is 24.5. The molecule has 0 radical (unpaired) electrons. The molecule has 1 aromatic carbocycles. The summed E-state index contributed by atoms with van der Waals surface area (Å²) >= 11 is 0. The molecule has 4 amide bonds. The zero-order valence-electron chi connectivity index (χ0n) is 19.5. The van der Waals surface area contributed by atoms with E-state index < -0.39 is 41.7 Å². The first-order chi connectivity index (χ1) is 15.6. The molecule has 9 heteroatoms. The highest BCUT2D eigenvalue weighted by molar-refractivity contribution is 6.03. The number of carbonyl (C=O) groups excluding carboxylic acids is 3. The molecule has 2 N–H and O–H groups in total. The quantitative estimate of drug-likeness (QED) is 0.674. The number of benzene rings is 1. The van der Waals surface area contributed by atoms with Crippen LogP contribution in [-0.2, 0) is 20.9 Å². The molecule has 1 aliphatic heterocycles. The average molecular weight is 460 g/mol. The van der Waals surface area contributed by atoms with E-state index in [-0.39, 0.29) is 19.0 Å². The van der Waals surface area contributed by atoms with Gasteiger partial charge in [-0.2, -0.15) is 0 Å². The summed E-state index contributed by atoms with van der Waals surface area (Å²) in [5, 5.41) is 12.4. The molecule has 3 rings (SSSR count). The van der Waals surface area contributed by atoms with Crippen molar-refractivity contribution in [3.05, 3.63) is 35.9 Å². The molecule has 2 unspecified atom stereocenters. The van der Waals surface area contributed by atoms with Crippen molar-refractivity contribution in [3.63, 3.8) is 0 Å². The number of carboxylic acid groups (broad SMARTS) is 1. The van der Waals surface area contributed by atoms with Crippen molar-refractivity contribution in [2.45, 2.75) is 77.1 Å². The Hall–Kier alpha value is -3.10. The Kier molecular flexibility index (Phi) is 7.61. The summed E-state index contributed by atoms with van der Waals surface area (Å²) in [5.41, 5.74) is 0.0732. The molecule has 0 aromatic heterocycles. The van der Waals surface area contributed by atoms with Crippen LogP contribution in [0, 0.1) is 5.92 Å². The topological polar surface area (TPSA) is 116 Å². The number of alkyl carbamates (subject to hydrolysis) is 1. The van der Waals surface area contributed by atoms with Gasteiger partial charge in [-0.3, -0.25) is 4.79 Å². The predicted molar refractivity (Wildman–Crippen MR) is 120 cm³/mol. The van der Waals surface area contributed by atoms with Crippen LogP contribution in [0.4, 0.5) is 9.59 Å². The summed E-state index contributed by atoms with van der Waals surface area (Å²) in [6, 6.07) is 6.17. The minimum atomic E-state index is -1.32. The number of nitrogens with zero attached hydrogens (tertiary/aromatic N) is 2. The second-order valence-corrected chi connectivity index (χ2v) is 9.73. The van der Waals surface area contributed by atoms with Crippen molar-refractivity contribution in [3.8, 4) is 0 Å². The van der Waals surface area contributed by atoms with E-state index in [9.17, 15) is 24.3 Å². The lowest BCUT2D eigenvalue weighted by atomic mass is 9.83. The summed E-state index contributed by atoms with van der Waals surface area (Å²) in [6.07, 6.45) is 3.50. The third kappa shape index (κ3) is 6.24. The van der Waals surface area contributed by atoms with Gasteiger partial charge in [-0.1, -0.05) is 49.6 Å². The van der Waals surface area contributed by atoms with Gasteiger partial charge < -0.3 is 20.1 Å². The number of nitrogens with one attached hydrogen (secondary N) is 1. The molecule has 1 heterocycles. The first-order valence-electron chi connectivity index (χ1n) is 11.4. The monoisotopic (exact) mass is 459 g/mol. The van der Waals surface area contributed by atoms with Gasteiger partial charge in [0.2, 0.25) is 0 Å². The van der Waals surface area contributed by atoms with Crippen LogP contribution in [0.3, 0.4) is 0 Å². The number of urea groups is 1. The van der Waals surface area contributed by atoms with Gasteiger partial charge in [0.1, 0.15) is 11.6 Å². The van der Waals surface area contributed by atoms with Crippen LogP contribution in [0.15, 0.2) is 30.3 Å². The second kappa shape index (κ2) is 10.2. The molecule has 0 bridgehead atoms. The zero-order chi connectivity index (χ0) is 24.2. The molecule has 33 heavy (non-hydrogen) atoms. The molecule has 1 aromatic rings. The Balaban J connectivity index is 1.84. The molecule has 0 spiro atoms. The van der Waals surface area contributed by atoms with Gasteiger partial charge in [-0.25, -0.2) is 19.3 Å². The maximum atomic E-state index is 13.6. The third-order valence-corrected chi connectivity index (χ3v) is 5.98. The van der Waals surface area contributed by atoms with Crippen LogP contribution in [-0.4, -0.2) is 63.1 Å². The molecule has 9 nitrogen and oxygen atoms in total. The highest BCUT2D eigenvalue weighted by atomic mass is 16.6. The van der Waals surface area contributed by atoms with Crippen LogP contribution >= 0.6 is 0 Å². The van der Waals surface area contributed by atoms with Crippen LogP contribution in [0.2, 0.25) is 0 Å². The van der Waals surface area contributed by atoms with E-state index in [0.29, 0.717) is 12.8 Å². The lowest BCUT2D eigenvalue weighted by Crippen LogP contribution is -2.57. The van der Waals surface area contributed by atoms with Gasteiger partial charge in [0.25, 0.3) is 5.91 Å². The number of imide groups is 1. The Morgan fingerprint density at radius 2 is 1.76 bits per heavy atom. The van der Waals surface area contributed by atoms with E-state index in [1.165, 1.54) is 4.90 Å². The van der Waals surface area contributed by atoms with Gasteiger partial charge in [0.15, 0.2) is 6.04 Å². The van der Waals surface area contributed by atoms with Gasteiger partial charge in [0, 0.05) is 6.54 Å².